The van der Waals surface area contributed by atoms with Crippen LogP contribution in [0.4, 0.5) is 0 Å². The van der Waals surface area contributed by atoms with Crippen LogP contribution >= 0.6 is 11.8 Å². The quantitative estimate of drug-likeness (QED) is 0.661. The van der Waals surface area contributed by atoms with Crippen LogP contribution in [0.3, 0.4) is 0 Å². The van der Waals surface area contributed by atoms with Crippen molar-refractivity contribution in [3.05, 3.63) is 42.7 Å². The van der Waals surface area contributed by atoms with Gasteiger partial charge >= 0.3 is 0 Å². The predicted molar refractivity (Wildman–Crippen MR) is 82.3 cm³/mol. The molecule has 0 aliphatic carbocycles. The summed E-state index contributed by atoms with van der Waals surface area (Å²) in [4.78, 5) is 31.8. The molecule has 0 unspecified atom stereocenters. The highest BCUT2D eigenvalue weighted by Crippen LogP contribution is 2.30. The van der Waals surface area contributed by atoms with Crippen LogP contribution in [0, 0.1) is 0 Å². The van der Waals surface area contributed by atoms with E-state index in [4.69, 9.17) is 9.47 Å². The van der Waals surface area contributed by atoms with Gasteiger partial charge in [-0.2, -0.15) is 0 Å². The molecule has 23 heavy (non-hydrogen) atoms. The second-order valence-electron chi connectivity index (χ2n) is 4.60. The van der Waals surface area contributed by atoms with Crippen LogP contribution in [0.15, 0.2) is 47.9 Å². The van der Waals surface area contributed by atoms with Crippen molar-refractivity contribution in [2.45, 2.75) is 11.3 Å². The summed E-state index contributed by atoms with van der Waals surface area (Å²) >= 11 is 1.15. The smallest absolute Gasteiger partial charge is 0.271 e. The zero-order valence-electron chi connectivity index (χ0n) is 12.0. The highest BCUT2D eigenvalue weighted by atomic mass is 32.2. The van der Waals surface area contributed by atoms with Gasteiger partial charge in [-0.15, -0.1) is 0 Å². The lowest BCUT2D eigenvalue weighted by Crippen LogP contribution is -2.46. The van der Waals surface area contributed by atoms with Crippen LogP contribution in [0.1, 0.15) is 0 Å². The predicted octanol–water partition coefficient (Wildman–Crippen LogP) is 1.05. The number of carbonyl (C=O) groups excluding carboxylic acids is 2. The Hall–Kier alpha value is -2.61. The summed E-state index contributed by atoms with van der Waals surface area (Å²) in [7, 11) is 0. The van der Waals surface area contributed by atoms with Gasteiger partial charge in [0.2, 0.25) is 12.0 Å². The molecule has 2 amide bonds. The molecule has 0 saturated heterocycles. The molecule has 1 aliphatic rings. The van der Waals surface area contributed by atoms with Gasteiger partial charge in [-0.05, 0) is 18.2 Å². The lowest BCUT2D eigenvalue weighted by Gasteiger charge is -2.25. The molecule has 1 aliphatic heterocycles. The maximum atomic E-state index is 12.1. The number of aromatic nitrogens is 2. The van der Waals surface area contributed by atoms with Crippen molar-refractivity contribution in [2.24, 2.45) is 0 Å². The third kappa shape index (κ3) is 3.98. The number of thioether (sulfide) groups is 1. The number of para-hydroxylation sites is 2. The summed E-state index contributed by atoms with van der Waals surface area (Å²) in [6.45, 7) is 0.0606. The third-order valence-electron chi connectivity index (χ3n) is 2.94. The van der Waals surface area contributed by atoms with Gasteiger partial charge in [-0.25, -0.2) is 9.97 Å². The number of nitrogens with zero attached hydrogens (tertiary/aromatic N) is 2. The zero-order valence-corrected chi connectivity index (χ0v) is 12.8. The second-order valence-corrected chi connectivity index (χ2v) is 5.54. The van der Waals surface area contributed by atoms with Crippen molar-refractivity contribution in [3.8, 4) is 11.5 Å². The first-order valence-corrected chi connectivity index (χ1v) is 7.83. The molecule has 1 N–H and O–H groups in total. The number of amides is 2. The van der Waals surface area contributed by atoms with Crippen molar-refractivity contribution in [1.82, 2.24) is 15.3 Å². The van der Waals surface area contributed by atoms with Gasteiger partial charge in [0.05, 0.1) is 5.75 Å². The first kappa shape index (κ1) is 15.3. The van der Waals surface area contributed by atoms with Gasteiger partial charge in [0.25, 0.3) is 5.91 Å². The van der Waals surface area contributed by atoms with Gasteiger partial charge < -0.3 is 9.47 Å². The van der Waals surface area contributed by atoms with E-state index in [9.17, 15) is 9.59 Å². The van der Waals surface area contributed by atoms with Crippen molar-refractivity contribution in [3.63, 3.8) is 0 Å². The first-order valence-electron chi connectivity index (χ1n) is 6.84. The van der Waals surface area contributed by atoms with E-state index in [1.807, 2.05) is 6.07 Å². The van der Waals surface area contributed by atoms with Crippen LogP contribution in [0.5, 0.6) is 11.5 Å². The van der Waals surface area contributed by atoms with E-state index >= 15 is 0 Å². The number of fused-ring (bicyclic) bond motifs is 1. The van der Waals surface area contributed by atoms with E-state index in [-0.39, 0.29) is 12.4 Å². The Morgan fingerprint density at radius 2 is 1.91 bits per heavy atom. The van der Waals surface area contributed by atoms with Crippen molar-refractivity contribution in [2.75, 3.05) is 12.4 Å². The molecule has 7 nitrogen and oxygen atoms in total. The Labute approximate surface area is 136 Å². The van der Waals surface area contributed by atoms with Crippen LogP contribution in [0.25, 0.3) is 0 Å². The van der Waals surface area contributed by atoms with Crippen molar-refractivity contribution in [1.29, 1.82) is 0 Å². The number of imide groups is 1. The molecule has 1 aromatic carbocycles. The highest BCUT2D eigenvalue weighted by Gasteiger charge is 2.28. The number of ether oxygens (including phenoxy) is 2. The Morgan fingerprint density at radius 1 is 1.17 bits per heavy atom. The lowest BCUT2D eigenvalue weighted by atomic mass is 10.2. The molecule has 2 heterocycles. The summed E-state index contributed by atoms with van der Waals surface area (Å²) in [5.41, 5.74) is 0. The lowest BCUT2D eigenvalue weighted by molar-refractivity contribution is -0.135. The highest BCUT2D eigenvalue weighted by molar-refractivity contribution is 7.99. The molecule has 8 heteroatoms. The van der Waals surface area contributed by atoms with Crippen LogP contribution in [-0.2, 0) is 9.59 Å². The molecule has 0 bridgehead atoms. The summed E-state index contributed by atoms with van der Waals surface area (Å²) in [5.74, 6) is 0.145. The molecule has 0 fully saturated rings. The van der Waals surface area contributed by atoms with E-state index < -0.39 is 17.9 Å². The number of nitrogens with one attached hydrogen (secondary N) is 1. The molecule has 1 aromatic heterocycles. The Kier molecular flexibility index (Phi) is 4.72. The molecule has 3 rings (SSSR count). The Bertz CT molecular complexity index is 711. The van der Waals surface area contributed by atoms with Crippen molar-refractivity contribution >= 4 is 23.6 Å². The number of hydrogen-bond acceptors (Lipinski definition) is 7. The summed E-state index contributed by atoms with van der Waals surface area (Å²) in [5, 5.41) is 2.76. The largest absolute Gasteiger partial charge is 0.485 e. The number of carbonyl (C=O) groups is 2. The minimum Gasteiger partial charge on any atom is -0.485 e. The molecule has 1 atom stereocenters. The summed E-state index contributed by atoms with van der Waals surface area (Å²) < 4.78 is 11.0. The summed E-state index contributed by atoms with van der Waals surface area (Å²) in [6.07, 6.45) is 2.32. The Balaban J connectivity index is 1.50. The van der Waals surface area contributed by atoms with Crippen LogP contribution in [-0.4, -0.2) is 40.2 Å². The topological polar surface area (TPSA) is 90.4 Å². The average Bonchev–Trinajstić information content (AvgIpc) is 2.60. The molecule has 0 radical (unpaired) electrons. The summed E-state index contributed by atoms with van der Waals surface area (Å²) in [6, 6.07) is 8.75. The number of hydrogen-bond donors (Lipinski definition) is 1. The standard InChI is InChI=1S/C15H13N3O4S/c19-13(9-23-15-16-6-3-7-17-15)18-14(20)12-8-21-10-4-1-2-5-11(10)22-12/h1-7,12H,8-9H2,(H,18,19,20)/t12-/m0/s1. The molecule has 2 aromatic rings. The van der Waals surface area contributed by atoms with E-state index in [1.54, 1.807) is 36.7 Å². The average molecular weight is 331 g/mol. The van der Waals surface area contributed by atoms with E-state index in [0.29, 0.717) is 16.7 Å². The van der Waals surface area contributed by atoms with Gasteiger partial charge in [-0.1, -0.05) is 23.9 Å². The van der Waals surface area contributed by atoms with Crippen molar-refractivity contribution < 1.29 is 19.1 Å². The van der Waals surface area contributed by atoms with Gasteiger partial charge in [-0.3, -0.25) is 14.9 Å². The molecular formula is C15H13N3O4S. The SMILES string of the molecule is O=C(CSc1ncccn1)NC(=O)[C@@H]1COc2ccccc2O1. The molecule has 0 saturated carbocycles. The van der Waals surface area contributed by atoms with E-state index in [1.165, 1.54) is 0 Å². The minimum atomic E-state index is -0.855. The third-order valence-corrected chi connectivity index (χ3v) is 3.81. The zero-order chi connectivity index (χ0) is 16.1. The Morgan fingerprint density at radius 3 is 2.70 bits per heavy atom. The van der Waals surface area contributed by atoms with Gasteiger partial charge in [0.15, 0.2) is 16.7 Å². The van der Waals surface area contributed by atoms with Crippen LogP contribution in [0.2, 0.25) is 0 Å². The number of rotatable bonds is 4. The fourth-order valence-corrected chi connectivity index (χ4v) is 2.50. The minimum absolute atomic E-state index is 0.0416. The maximum Gasteiger partial charge on any atom is 0.271 e. The van der Waals surface area contributed by atoms with E-state index in [0.717, 1.165) is 11.8 Å². The van der Waals surface area contributed by atoms with Gasteiger partial charge in [0, 0.05) is 12.4 Å². The molecule has 118 valence electrons. The first-order chi connectivity index (χ1) is 11.2. The van der Waals surface area contributed by atoms with Gasteiger partial charge in [0.1, 0.15) is 6.61 Å². The monoisotopic (exact) mass is 331 g/mol. The number of benzene rings is 1. The van der Waals surface area contributed by atoms with Crippen LogP contribution < -0.4 is 14.8 Å². The second kappa shape index (κ2) is 7.10. The molecular weight excluding hydrogens is 318 g/mol. The fourth-order valence-electron chi connectivity index (χ4n) is 1.89. The molecule has 0 spiro atoms. The van der Waals surface area contributed by atoms with E-state index in [2.05, 4.69) is 15.3 Å². The fraction of sp³-hybridized carbons (Fsp3) is 0.200. The maximum absolute atomic E-state index is 12.1. The normalized spacial score (nSPS) is 15.7.